The van der Waals surface area contributed by atoms with Gasteiger partial charge in [-0.1, -0.05) is 70.8 Å². The summed E-state index contributed by atoms with van der Waals surface area (Å²) in [5, 5.41) is 0. The predicted octanol–water partition coefficient (Wildman–Crippen LogP) is 21.8. The predicted molar refractivity (Wildman–Crippen MR) is 423 cm³/mol. The fraction of sp³-hybridized carbons (Fsp3) is 0.133. The second-order valence-corrected chi connectivity index (χ2v) is 33.5. The molecule has 16 rings (SSSR count). The summed E-state index contributed by atoms with van der Waals surface area (Å²) in [6, 6.07) is 43.0. The van der Waals surface area contributed by atoms with E-state index in [1.165, 1.54) is 51.4 Å². The van der Waals surface area contributed by atoms with Crippen LogP contribution in [0.4, 0.5) is 43.9 Å². The summed E-state index contributed by atoms with van der Waals surface area (Å²) in [5.74, 6) is -21.2. The van der Waals surface area contributed by atoms with Crippen molar-refractivity contribution in [2.75, 3.05) is 0 Å². The van der Waals surface area contributed by atoms with E-state index in [4.69, 9.17) is 9.98 Å². The van der Waals surface area contributed by atoms with Gasteiger partial charge in [0.1, 0.15) is 0 Å². The SMILES string of the molecule is Cc1cc(C)c(C2=c3ccc(s3)=c3ccc(s3)=C(c3c(C)cc(C)cc3C)c3ccc([nH]3)C(c3c(F)c(F)c(F)c(F)c3F)=C3C=CC(=N3)C(c3c(C)cc(C)cc3C)=c3ccc(s3)=c3ccc(s3)=c3ccc(s3)=C(c3c(C)cc(C)cc3C)c3ccc([nH]3)C(c3c(F)c(F)c(F)c(F)c3F)=C3C=CC2=N3)c(C)c1. The molecule has 6 aromatic carbocycles. The zero-order valence-electron chi connectivity index (χ0n) is 60.7. The lowest BCUT2D eigenvalue weighted by Crippen LogP contribution is -2.12. The van der Waals surface area contributed by atoms with Crippen LogP contribution in [0.2, 0.25) is 0 Å². The molecule has 3 aliphatic heterocycles. The first-order valence-corrected chi connectivity index (χ1v) is 39.0. The molecule has 544 valence electrons. The third-order valence-corrected chi connectivity index (χ3v) is 26.2. The van der Waals surface area contributed by atoms with Crippen LogP contribution >= 0.6 is 56.7 Å². The van der Waals surface area contributed by atoms with E-state index in [0.717, 1.165) is 140 Å². The maximum atomic E-state index is 16.9. The Kier molecular flexibility index (Phi) is 18.6. The fourth-order valence-corrected chi connectivity index (χ4v) is 21.5. The first kappa shape index (κ1) is 72.6. The number of hydrogen-bond donors (Lipinski definition) is 2. The van der Waals surface area contributed by atoms with Crippen LogP contribution in [0, 0.1) is 168 Å². The summed E-state index contributed by atoms with van der Waals surface area (Å²) in [6.45, 7) is 23.9. The fourth-order valence-electron chi connectivity index (χ4n) is 16.0. The quantitative estimate of drug-likeness (QED) is 0.0947. The third-order valence-electron chi connectivity index (χ3n) is 20.1. The van der Waals surface area contributed by atoms with Gasteiger partial charge in [0.05, 0.1) is 33.9 Å². The number of nitrogens with one attached hydrogen (secondary N) is 2. The Hall–Kier alpha value is -10.5. The summed E-state index contributed by atoms with van der Waals surface area (Å²) >= 11 is 7.46. The van der Waals surface area contributed by atoms with E-state index in [1.807, 2.05) is 168 Å². The number of thiophene rings is 5. The molecule has 0 radical (unpaired) electrons. The zero-order chi connectivity index (χ0) is 76.8. The van der Waals surface area contributed by atoms with Crippen molar-refractivity contribution in [2.24, 2.45) is 9.98 Å². The van der Waals surface area contributed by atoms with Crippen LogP contribution in [0.15, 0.2) is 179 Å². The molecule has 109 heavy (non-hydrogen) atoms. The van der Waals surface area contributed by atoms with Gasteiger partial charge in [0.25, 0.3) is 0 Å². The lowest BCUT2D eigenvalue weighted by atomic mass is 9.91. The number of halogens is 10. The number of aromatic amines is 2. The van der Waals surface area contributed by atoms with Crippen molar-refractivity contribution in [1.82, 2.24) is 9.97 Å². The number of aromatic nitrogens is 2. The highest BCUT2D eigenvalue weighted by Gasteiger charge is 2.35. The molecule has 13 aromatic rings. The highest BCUT2D eigenvalue weighted by atomic mass is 32.1. The van der Waals surface area contributed by atoms with Crippen LogP contribution in [0.1, 0.15) is 123 Å². The van der Waals surface area contributed by atoms with E-state index in [1.54, 1.807) is 53.8 Å². The molecule has 0 saturated heterocycles. The molecule has 10 heterocycles. The zero-order valence-corrected chi connectivity index (χ0v) is 64.8. The minimum absolute atomic E-state index is 0.0103. The van der Waals surface area contributed by atoms with E-state index in [-0.39, 0.29) is 33.9 Å². The standard InChI is InChI=1S/C90H64F10N4S5/c1-39-31-43(5)69(44(6)32-39)75-55-17-13-51(101-55)73(79-81(91)85(95)89(99)86(96)82(79)92)53-15-19-57(103-53)77(71-47(9)35-41(3)36-48(71)10)67-29-25-63(108-67)64-26-30-68(109-64)78(72-49(11)37-42(4)38-50(72)12)58-20-16-54(104-58)74(80-83(93)87(97)90(100)88(98)84(80)94)52-14-18-56(102-52)76(70-45(7)33-40(2)34-46(70)8)66-28-24-62(107-66)60-22-21-59(105-60)61-23-27-65(75)106-61/h13-38,101,104H,1-12H3. The molecule has 18 bridgehead atoms. The second kappa shape index (κ2) is 27.8. The van der Waals surface area contributed by atoms with Crippen molar-refractivity contribution in [3.05, 3.63) is 396 Å². The lowest BCUT2D eigenvalue weighted by Gasteiger charge is -2.16. The normalized spacial score (nSPS) is 13.9. The van der Waals surface area contributed by atoms with Crippen LogP contribution in [0.5, 0.6) is 0 Å². The molecule has 0 saturated carbocycles. The third kappa shape index (κ3) is 12.5. The van der Waals surface area contributed by atoms with Gasteiger partial charge < -0.3 is 9.97 Å². The van der Waals surface area contributed by atoms with Gasteiger partial charge in [0.15, 0.2) is 46.5 Å². The summed E-state index contributed by atoms with van der Waals surface area (Å²) in [7, 11) is 0. The molecule has 7 aromatic heterocycles. The van der Waals surface area contributed by atoms with Crippen molar-refractivity contribution in [1.29, 1.82) is 0 Å². The van der Waals surface area contributed by atoms with Crippen molar-refractivity contribution >= 4 is 102 Å². The van der Waals surface area contributed by atoms with Crippen molar-refractivity contribution in [3.8, 4) is 0 Å². The minimum Gasteiger partial charge on any atom is -0.354 e. The molecular weight excluding hydrogens is 1490 g/mol. The van der Waals surface area contributed by atoms with Gasteiger partial charge in [-0.05, 0) is 259 Å². The number of fused-ring (bicyclic) bond motifs is 16. The highest BCUT2D eigenvalue weighted by Crippen LogP contribution is 2.43. The Bertz CT molecular complexity index is 6860. The number of aryl methyl sites for hydroxylation is 12. The average Bonchev–Trinajstić information content (AvgIpc) is 1.50. The molecular formula is C90H64F10N4S5. The molecule has 2 N–H and O–H groups in total. The molecule has 4 nitrogen and oxygen atoms in total. The first-order valence-electron chi connectivity index (χ1n) is 34.9. The Morgan fingerprint density at radius 1 is 0.220 bits per heavy atom. The minimum atomic E-state index is -2.30. The first-order chi connectivity index (χ1) is 52.1. The summed E-state index contributed by atoms with van der Waals surface area (Å²) < 4.78 is 170. The van der Waals surface area contributed by atoms with Gasteiger partial charge in [-0.2, -0.15) is 0 Å². The van der Waals surface area contributed by atoms with Gasteiger partial charge in [0, 0.05) is 102 Å². The number of H-pyrrole nitrogens is 2. The van der Waals surface area contributed by atoms with Crippen molar-refractivity contribution in [3.63, 3.8) is 0 Å². The van der Waals surface area contributed by atoms with Gasteiger partial charge in [-0.3, -0.25) is 0 Å². The van der Waals surface area contributed by atoms with Crippen molar-refractivity contribution in [2.45, 2.75) is 83.1 Å². The van der Waals surface area contributed by atoms with Crippen LogP contribution in [0.25, 0.3) is 33.4 Å². The van der Waals surface area contributed by atoms with E-state index in [0.29, 0.717) is 39.5 Å². The number of allylic oxidation sites excluding steroid dienone is 4. The molecule has 0 unspecified atom stereocenters. The van der Waals surface area contributed by atoms with Crippen LogP contribution in [-0.2, 0) is 0 Å². The van der Waals surface area contributed by atoms with Gasteiger partial charge in [-0.15, -0.1) is 56.7 Å². The maximum Gasteiger partial charge on any atom is 0.200 e. The van der Waals surface area contributed by atoms with Gasteiger partial charge in [0.2, 0.25) is 11.6 Å². The average molecular weight is 1550 g/mol. The Morgan fingerprint density at radius 3 is 0.679 bits per heavy atom. The summed E-state index contributed by atoms with van der Waals surface area (Å²) in [6.07, 6.45) is 6.48. The summed E-state index contributed by atoms with van der Waals surface area (Å²) in [4.78, 5) is 17.3. The number of rotatable bonds is 6. The topological polar surface area (TPSA) is 56.3 Å². The smallest absolute Gasteiger partial charge is 0.200 e. The highest BCUT2D eigenvalue weighted by molar-refractivity contribution is 7.13. The Labute approximate surface area is 639 Å². The molecule has 0 spiro atoms. The largest absolute Gasteiger partial charge is 0.354 e. The number of nitrogens with zero attached hydrogens (tertiary/aromatic N) is 2. The van der Waals surface area contributed by atoms with Crippen LogP contribution in [-0.4, -0.2) is 21.4 Å². The lowest BCUT2D eigenvalue weighted by molar-refractivity contribution is 0.376. The molecule has 19 heteroatoms. The molecule has 0 amide bonds. The Morgan fingerprint density at radius 2 is 0.422 bits per heavy atom. The number of benzene rings is 6. The van der Waals surface area contributed by atoms with Crippen LogP contribution < -0.4 is 18.1 Å². The van der Waals surface area contributed by atoms with E-state index in [9.17, 15) is 0 Å². The maximum absolute atomic E-state index is 16.9. The van der Waals surface area contributed by atoms with E-state index >= 15 is 43.9 Å². The van der Waals surface area contributed by atoms with E-state index in [2.05, 4.69) is 34.2 Å². The van der Waals surface area contributed by atoms with Gasteiger partial charge >= 0.3 is 0 Å². The molecule has 0 fully saturated rings. The summed E-state index contributed by atoms with van der Waals surface area (Å²) in [5.41, 5.74) is 15.7. The molecule has 0 atom stereocenters. The van der Waals surface area contributed by atoms with Gasteiger partial charge in [-0.25, -0.2) is 53.9 Å². The number of hydrogen-bond acceptors (Lipinski definition) is 7. The van der Waals surface area contributed by atoms with Crippen molar-refractivity contribution < 1.29 is 43.9 Å². The van der Waals surface area contributed by atoms with E-state index < -0.39 is 69.3 Å². The second-order valence-electron chi connectivity index (χ2n) is 28.1. The monoisotopic (exact) mass is 1550 g/mol. The molecule has 0 aliphatic carbocycles. The molecule has 3 aliphatic rings. The Balaban J connectivity index is 1.05. The number of aliphatic imine (C=N–C) groups is 2. The van der Waals surface area contributed by atoms with Crippen LogP contribution in [0.3, 0.4) is 0 Å².